The lowest BCUT2D eigenvalue weighted by molar-refractivity contribution is 1.07. The molecule has 23 rings (SSSR count). The number of rotatable bonds is 11. The molecule has 0 saturated heterocycles. The summed E-state index contributed by atoms with van der Waals surface area (Å²) in [4.78, 5) is 46.8. The fourth-order valence-corrected chi connectivity index (χ4v) is 16.8. The average Bonchev–Trinajstić information content (AvgIpc) is 0.791. The molecule has 0 atom stereocenters. The van der Waals surface area contributed by atoms with Crippen molar-refractivity contribution in [2.45, 2.75) is 0 Å². The van der Waals surface area contributed by atoms with Crippen LogP contribution in [0.2, 0.25) is 0 Å². The van der Waals surface area contributed by atoms with Crippen molar-refractivity contribution in [2.24, 2.45) is 0 Å². The lowest BCUT2D eigenvalue weighted by Crippen LogP contribution is -2.00. The average molecular weight is 1500 g/mol. The lowest BCUT2D eigenvalue weighted by atomic mass is 9.94. The first kappa shape index (κ1) is 68.8. The van der Waals surface area contributed by atoms with Gasteiger partial charge in [-0.2, -0.15) is 0 Å². The Labute approximate surface area is 679 Å². The third-order valence-corrected chi connectivity index (χ3v) is 22.7. The molecule has 548 valence electrons. The monoisotopic (exact) mass is 1500 g/mol. The van der Waals surface area contributed by atoms with E-state index in [1.165, 1.54) is 21.5 Å². The Hall–Kier alpha value is -16.0. The molecule has 0 N–H and O–H groups in total. The molecule has 7 aromatic heterocycles. The zero-order valence-corrected chi connectivity index (χ0v) is 63.7. The predicted molar refractivity (Wildman–Crippen MR) is 488 cm³/mol. The number of hydrogen-bond donors (Lipinski definition) is 0. The fourth-order valence-electron chi connectivity index (χ4n) is 16.8. The van der Waals surface area contributed by atoms with Crippen molar-refractivity contribution >= 4 is 109 Å². The second-order valence-corrected chi connectivity index (χ2v) is 29.9. The Morgan fingerprint density at radius 2 is 0.466 bits per heavy atom. The second kappa shape index (κ2) is 29.2. The van der Waals surface area contributed by atoms with Crippen LogP contribution in [-0.2, 0) is 0 Å². The minimum atomic E-state index is 0.626. The van der Waals surface area contributed by atoms with Gasteiger partial charge in [0.2, 0.25) is 0 Å². The standard InChI is InChI=1S/C57H35N5.C52H32N4/c1-4-14-37(15-5-1)53-52-48(32-28-38-30-33-50(58-54(38)52)49-34-43-20-10-11-21-44(43)45-22-12-13-23-46(45)49)47-31-29-42(35-51(47)59-53)36-24-26-41(27-25-36)57-61-55(39-16-6-2-7-17-39)60-56(62-57)40-18-8-3-9-19-40;1-4-11-33(12-5-1)44-28-23-36-21-27-43-42-26-22-40(32-47(42)56-49(48(43)50(36)53-44)35-15-8-3-9-16-35)39-17-10-18-41(31-39)46-30-25-38-20-19-37-24-29-45(34-13-6-2-7-14-34)54-51(37)52(38)55-46/h1-35H;1-32H. The zero-order valence-electron chi connectivity index (χ0n) is 63.7. The van der Waals surface area contributed by atoms with Crippen molar-refractivity contribution < 1.29 is 0 Å². The van der Waals surface area contributed by atoms with E-state index in [9.17, 15) is 0 Å². The molecule has 0 unspecified atom stereocenters. The van der Waals surface area contributed by atoms with Gasteiger partial charge in [0.25, 0.3) is 0 Å². The van der Waals surface area contributed by atoms with E-state index >= 15 is 0 Å². The van der Waals surface area contributed by atoms with Gasteiger partial charge >= 0.3 is 0 Å². The number of benzene rings is 16. The van der Waals surface area contributed by atoms with E-state index in [-0.39, 0.29) is 0 Å². The van der Waals surface area contributed by atoms with Crippen LogP contribution in [0.4, 0.5) is 0 Å². The molecule has 0 aliphatic carbocycles. The number of nitrogens with zero attached hydrogens (tertiary/aromatic N) is 9. The molecule has 0 spiro atoms. The lowest BCUT2D eigenvalue weighted by Gasteiger charge is -2.15. The molecule has 0 aliphatic heterocycles. The van der Waals surface area contributed by atoms with Crippen molar-refractivity contribution in [1.82, 2.24) is 44.9 Å². The van der Waals surface area contributed by atoms with Gasteiger partial charge in [-0.1, -0.05) is 358 Å². The van der Waals surface area contributed by atoms with Crippen LogP contribution in [0.3, 0.4) is 0 Å². The van der Waals surface area contributed by atoms with E-state index in [0.29, 0.717) is 17.5 Å². The van der Waals surface area contributed by atoms with Crippen molar-refractivity contribution in [3.8, 4) is 124 Å². The van der Waals surface area contributed by atoms with Crippen LogP contribution in [0.25, 0.3) is 232 Å². The van der Waals surface area contributed by atoms with E-state index in [1.54, 1.807) is 0 Å². The highest BCUT2D eigenvalue weighted by molar-refractivity contribution is 6.23. The van der Waals surface area contributed by atoms with Gasteiger partial charge in [0, 0.05) is 93.2 Å². The summed E-state index contributed by atoms with van der Waals surface area (Å²) in [6, 6.07) is 142. The van der Waals surface area contributed by atoms with Gasteiger partial charge in [-0.05, 0) is 103 Å². The van der Waals surface area contributed by atoms with Gasteiger partial charge in [0.1, 0.15) is 0 Å². The zero-order chi connectivity index (χ0) is 78.0. The number of fused-ring (bicyclic) bond motifs is 16. The molecule has 0 fully saturated rings. The van der Waals surface area contributed by atoms with Crippen LogP contribution in [0.5, 0.6) is 0 Å². The third kappa shape index (κ3) is 12.6. The van der Waals surface area contributed by atoms with Gasteiger partial charge in [-0.25, -0.2) is 44.9 Å². The Kier molecular flexibility index (Phi) is 17.0. The first-order valence-corrected chi connectivity index (χ1v) is 39.7. The number of pyridine rings is 6. The Morgan fingerprint density at radius 1 is 0.144 bits per heavy atom. The van der Waals surface area contributed by atoms with Crippen LogP contribution in [0.1, 0.15) is 0 Å². The summed E-state index contributed by atoms with van der Waals surface area (Å²) in [5.41, 5.74) is 24.7. The van der Waals surface area contributed by atoms with Crippen LogP contribution in [0.15, 0.2) is 406 Å². The van der Waals surface area contributed by atoms with Gasteiger partial charge < -0.3 is 0 Å². The Bertz CT molecular complexity index is 7830. The maximum atomic E-state index is 5.51. The molecule has 0 amide bonds. The highest BCUT2D eigenvalue weighted by Crippen LogP contribution is 2.44. The molecule has 0 radical (unpaired) electrons. The highest BCUT2D eigenvalue weighted by Gasteiger charge is 2.22. The number of hydrogen-bond acceptors (Lipinski definition) is 9. The topological polar surface area (TPSA) is 116 Å². The van der Waals surface area contributed by atoms with E-state index in [2.05, 4.69) is 315 Å². The third-order valence-electron chi connectivity index (χ3n) is 22.7. The summed E-state index contributed by atoms with van der Waals surface area (Å²) < 4.78 is 0. The first-order chi connectivity index (χ1) is 58.4. The minimum absolute atomic E-state index is 0.626. The van der Waals surface area contributed by atoms with Crippen LogP contribution in [0, 0.1) is 0 Å². The largest absolute Gasteiger partial charge is 0.247 e. The molecule has 9 heteroatoms. The normalized spacial score (nSPS) is 11.6. The second-order valence-electron chi connectivity index (χ2n) is 29.9. The molecule has 118 heavy (non-hydrogen) atoms. The molecular formula is C109H67N9. The fraction of sp³-hybridized carbons (Fsp3) is 0. The summed E-state index contributed by atoms with van der Waals surface area (Å²) >= 11 is 0. The van der Waals surface area contributed by atoms with E-state index in [0.717, 1.165) is 193 Å². The summed E-state index contributed by atoms with van der Waals surface area (Å²) in [7, 11) is 0. The molecule has 0 aliphatic rings. The predicted octanol–water partition coefficient (Wildman–Crippen LogP) is 27.8. The highest BCUT2D eigenvalue weighted by atomic mass is 15.0. The summed E-state index contributed by atoms with van der Waals surface area (Å²) in [6.07, 6.45) is 0. The van der Waals surface area contributed by atoms with E-state index in [4.69, 9.17) is 44.9 Å². The van der Waals surface area contributed by atoms with Gasteiger partial charge in [0.15, 0.2) is 17.5 Å². The minimum Gasteiger partial charge on any atom is -0.247 e. The van der Waals surface area contributed by atoms with Gasteiger partial charge in [-0.3, -0.25) is 0 Å². The van der Waals surface area contributed by atoms with Gasteiger partial charge in [0.05, 0.1) is 67.3 Å². The molecule has 9 nitrogen and oxygen atoms in total. The number of aromatic nitrogens is 9. The molecule has 0 saturated carbocycles. The van der Waals surface area contributed by atoms with Gasteiger partial charge in [-0.15, -0.1) is 0 Å². The molecule has 16 aromatic carbocycles. The molecule has 7 heterocycles. The van der Waals surface area contributed by atoms with E-state index < -0.39 is 0 Å². The van der Waals surface area contributed by atoms with Crippen LogP contribution < -0.4 is 0 Å². The smallest absolute Gasteiger partial charge is 0.164 e. The molecule has 23 aromatic rings. The Balaban J connectivity index is 0.000000143. The van der Waals surface area contributed by atoms with Crippen LogP contribution >= 0.6 is 0 Å². The summed E-state index contributed by atoms with van der Waals surface area (Å²) in [5.74, 6) is 1.91. The van der Waals surface area contributed by atoms with Crippen LogP contribution in [-0.4, -0.2) is 44.9 Å². The van der Waals surface area contributed by atoms with Crippen molar-refractivity contribution in [3.05, 3.63) is 406 Å². The molecular weight excluding hydrogens is 1440 g/mol. The quantitative estimate of drug-likeness (QED) is 0.117. The van der Waals surface area contributed by atoms with Crippen molar-refractivity contribution in [3.63, 3.8) is 0 Å². The summed E-state index contributed by atoms with van der Waals surface area (Å²) in [6.45, 7) is 0. The van der Waals surface area contributed by atoms with E-state index in [1.807, 2.05) is 91.0 Å². The van der Waals surface area contributed by atoms with Crippen molar-refractivity contribution in [2.75, 3.05) is 0 Å². The van der Waals surface area contributed by atoms with Crippen molar-refractivity contribution in [1.29, 1.82) is 0 Å². The SMILES string of the molecule is c1ccc(-c2ccc3ccc4ccc(-c5cccc(-c6ccc7c(c6)nc(-c6ccccc6)c6c7ccc7ccc(-c8ccccc8)nc76)c5)nc4c3n2)cc1.c1ccc(-c2nc(-c3ccccc3)nc(-c3ccc(-c4ccc5c(c4)nc(-c4ccccc4)c4c5ccc5ccc(-c6cc7ccccc7c7ccccc67)nc54)cc3)n2)cc1. The summed E-state index contributed by atoms with van der Waals surface area (Å²) in [5, 5.41) is 15.7. The first-order valence-electron chi connectivity index (χ1n) is 39.7. The Morgan fingerprint density at radius 3 is 0.966 bits per heavy atom. The molecule has 0 bridgehead atoms. The maximum absolute atomic E-state index is 5.51. The maximum Gasteiger partial charge on any atom is 0.164 e.